The topological polar surface area (TPSA) is 63.6 Å². The molecule has 0 amide bonds. The van der Waals surface area contributed by atoms with Crippen molar-refractivity contribution in [2.75, 3.05) is 0 Å². The van der Waals surface area contributed by atoms with Crippen LogP contribution in [-0.4, -0.2) is 23.1 Å². The van der Waals surface area contributed by atoms with Gasteiger partial charge in [-0.15, -0.1) is 0 Å². The van der Waals surface area contributed by atoms with E-state index in [1.54, 1.807) is 0 Å². The molecule has 4 aliphatic carbocycles. The van der Waals surface area contributed by atoms with Crippen molar-refractivity contribution in [1.29, 1.82) is 0 Å². The van der Waals surface area contributed by atoms with Gasteiger partial charge >= 0.3 is 11.9 Å². The lowest BCUT2D eigenvalue weighted by atomic mass is 9.47. The van der Waals surface area contributed by atoms with Crippen molar-refractivity contribution in [3.05, 3.63) is 11.6 Å². The molecule has 0 spiro atoms. The minimum absolute atomic E-state index is 0.154. The van der Waals surface area contributed by atoms with Crippen molar-refractivity contribution >= 4 is 11.9 Å². The van der Waals surface area contributed by atoms with Crippen LogP contribution in [0.25, 0.3) is 0 Å². The Hall–Kier alpha value is -1.32. The van der Waals surface area contributed by atoms with Gasteiger partial charge in [0, 0.05) is 6.42 Å². The van der Waals surface area contributed by atoms with Gasteiger partial charge in [-0.2, -0.15) is 0 Å². The molecule has 3 fully saturated rings. The zero-order chi connectivity index (χ0) is 24.7. The third-order valence-corrected chi connectivity index (χ3v) is 10.9. The molecule has 0 heterocycles. The Morgan fingerprint density at radius 3 is 2.53 bits per heavy atom. The van der Waals surface area contributed by atoms with Crippen LogP contribution >= 0.6 is 0 Å². The summed E-state index contributed by atoms with van der Waals surface area (Å²) in [6.45, 7) is 12.4. The van der Waals surface area contributed by atoms with E-state index in [2.05, 4.69) is 40.7 Å². The average molecular weight is 473 g/mol. The van der Waals surface area contributed by atoms with E-state index in [1.807, 2.05) is 0 Å². The summed E-state index contributed by atoms with van der Waals surface area (Å²) in [5.41, 5.74) is 2.21. The van der Waals surface area contributed by atoms with Gasteiger partial charge in [0.25, 0.3) is 0 Å². The summed E-state index contributed by atoms with van der Waals surface area (Å²) < 4.78 is 5.54. The van der Waals surface area contributed by atoms with Crippen LogP contribution < -0.4 is 0 Å². The van der Waals surface area contributed by atoms with E-state index in [4.69, 9.17) is 9.84 Å². The van der Waals surface area contributed by atoms with E-state index >= 15 is 0 Å². The second-order valence-electron chi connectivity index (χ2n) is 13.2. The van der Waals surface area contributed by atoms with Gasteiger partial charge in [0.2, 0.25) is 0 Å². The van der Waals surface area contributed by atoms with Crippen LogP contribution in [-0.2, 0) is 14.3 Å². The Labute approximate surface area is 207 Å². The summed E-state index contributed by atoms with van der Waals surface area (Å²) in [5, 5.41) is 8.87. The van der Waals surface area contributed by atoms with E-state index in [0.717, 1.165) is 54.8 Å². The number of carboxylic acids is 1. The Kier molecular flexibility index (Phi) is 7.56. The van der Waals surface area contributed by atoms with Crippen molar-refractivity contribution in [2.45, 2.75) is 118 Å². The molecule has 0 aromatic heterocycles. The van der Waals surface area contributed by atoms with Gasteiger partial charge in [0.1, 0.15) is 12.5 Å². The molecule has 3 saturated carbocycles. The smallest absolute Gasteiger partial charge is 0.317 e. The Bertz CT molecular complexity index is 800. The van der Waals surface area contributed by atoms with Crippen molar-refractivity contribution in [1.82, 2.24) is 0 Å². The first-order chi connectivity index (χ1) is 16.0. The van der Waals surface area contributed by atoms with Gasteiger partial charge in [-0.3, -0.25) is 9.59 Å². The van der Waals surface area contributed by atoms with Crippen LogP contribution in [0.15, 0.2) is 11.6 Å². The number of hydrogen-bond acceptors (Lipinski definition) is 3. The number of carbonyl (C=O) groups is 2. The molecule has 4 heteroatoms. The van der Waals surface area contributed by atoms with Crippen LogP contribution in [0.1, 0.15) is 112 Å². The van der Waals surface area contributed by atoms with Crippen LogP contribution in [0, 0.1) is 46.3 Å². The number of fused-ring (bicyclic) bond motifs is 5. The van der Waals surface area contributed by atoms with Gasteiger partial charge in [0.05, 0.1) is 0 Å². The first-order valence-corrected chi connectivity index (χ1v) is 14.2. The van der Waals surface area contributed by atoms with Crippen LogP contribution in [0.5, 0.6) is 0 Å². The SMILES string of the molecule is CC(C)CCC[C@@H](C)[C@H]1CC[C@H]2[C@@H]3CC=C4C[C@@H](OC(=O)CC(=O)O)CC[C@]4(C)[C@H]3CC[C@]12C. The molecule has 192 valence electrons. The molecule has 0 bridgehead atoms. The number of ether oxygens (including phenoxy) is 1. The number of aliphatic carboxylic acids is 1. The first kappa shape index (κ1) is 25.8. The largest absolute Gasteiger partial charge is 0.481 e. The summed E-state index contributed by atoms with van der Waals surface area (Å²) >= 11 is 0. The maximum absolute atomic E-state index is 11.9. The second-order valence-corrected chi connectivity index (χ2v) is 13.2. The van der Waals surface area contributed by atoms with Gasteiger partial charge in [-0.1, -0.05) is 65.5 Å². The number of carboxylic acid groups (broad SMARTS) is 1. The minimum atomic E-state index is -1.11. The minimum Gasteiger partial charge on any atom is -0.481 e. The number of allylic oxidation sites excluding steroid dienone is 1. The molecule has 4 nitrogen and oxygen atoms in total. The molecule has 0 unspecified atom stereocenters. The average Bonchev–Trinajstić information content (AvgIpc) is 3.10. The highest BCUT2D eigenvalue weighted by atomic mass is 16.5. The van der Waals surface area contributed by atoms with Gasteiger partial charge < -0.3 is 9.84 Å². The number of hydrogen-bond donors (Lipinski definition) is 1. The predicted molar refractivity (Wildman–Crippen MR) is 135 cm³/mol. The molecule has 8 atom stereocenters. The molecule has 0 radical (unpaired) electrons. The van der Waals surface area contributed by atoms with E-state index < -0.39 is 18.4 Å². The van der Waals surface area contributed by atoms with E-state index in [-0.39, 0.29) is 11.5 Å². The van der Waals surface area contributed by atoms with Crippen molar-refractivity contribution < 1.29 is 19.4 Å². The molecule has 0 aromatic rings. The van der Waals surface area contributed by atoms with Gasteiger partial charge in [-0.25, -0.2) is 0 Å². The molecule has 0 aromatic carbocycles. The van der Waals surface area contributed by atoms with Crippen LogP contribution in [0.2, 0.25) is 0 Å². The summed E-state index contributed by atoms with van der Waals surface area (Å²) in [6.07, 6.45) is 15.4. The summed E-state index contributed by atoms with van der Waals surface area (Å²) in [4.78, 5) is 22.7. The Balaban J connectivity index is 1.43. The lowest BCUT2D eigenvalue weighted by Crippen LogP contribution is -2.51. The van der Waals surface area contributed by atoms with E-state index in [1.165, 1.54) is 56.9 Å². The summed E-state index contributed by atoms with van der Waals surface area (Å²) in [5.74, 6) is 3.23. The van der Waals surface area contributed by atoms with Crippen LogP contribution in [0.4, 0.5) is 0 Å². The highest BCUT2D eigenvalue weighted by Crippen LogP contribution is 2.67. The maximum atomic E-state index is 11.9. The van der Waals surface area contributed by atoms with E-state index in [9.17, 15) is 9.59 Å². The van der Waals surface area contributed by atoms with Crippen LogP contribution in [0.3, 0.4) is 0 Å². The van der Waals surface area contributed by atoms with Crippen molar-refractivity contribution in [3.63, 3.8) is 0 Å². The second kappa shape index (κ2) is 9.97. The standard InChI is InChI=1S/C30H48O4/c1-19(2)7-6-8-20(3)24-11-12-25-23-10-9-21-17-22(34-28(33)18-27(31)32)13-15-29(21,4)26(23)14-16-30(24,25)5/h9,19-20,22-26H,6-8,10-18H2,1-5H3,(H,31,32)/t20-,22+,23+,24-,25+,26+,29+,30-/m1/s1. The van der Waals surface area contributed by atoms with Gasteiger partial charge in [-0.05, 0) is 91.3 Å². The lowest BCUT2D eigenvalue weighted by Gasteiger charge is -2.58. The molecule has 34 heavy (non-hydrogen) atoms. The fraction of sp³-hybridized carbons (Fsp3) is 0.867. The molecule has 4 rings (SSSR count). The third kappa shape index (κ3) is 4.85. The monoisotopic (exact) mass is 472 g/mol. The molecule has 4 aliphatic rings. The predicted octanol–water partition coefficient (Wildman–Crippen LogP) is 7.41. The quantitative estimate of drug-likeness (QED) is 0.227. The lowest BCUT2D eigenvalue weighted by molar-refractivity contribution is -0.157. The first-order valence-electron chi connectivity index (χ1n) is 14.2. The molecule has 0 aliphatic heterocycles. The number of esters is 1. The Morgan fingerprint density at radius 2 is 1.82 bits per heavy atom. The molecular weight excluding hydrogens is 424 g/mol. The normalized spacial score (nSPS) is 40.1. The fourth-order valence-electron chi connectivity index (χ4n) is 9.10. The highest BCUT2D eigenvalue weighted by Gasteiger charge is 2.59. The Morgan fingerprint density at radius 1 is 1.06 bits per heavy atom. The van der Waals surface area contributed by atoms with Crippen molar-refractivity contribution in [2.24, 2.45) is 46.3 Å². The number of carbonyl (C=O) groups excluding carboxylic acids is 1. The summed E-state index contributed by atoms with van der Waals surface area (Å²) in [6, 6.07) is 0. The van der Waals surface area contributed by atoms with Crippen molar-refractivity contribution in [3.8, 4) is 0 Å². The molecular formula is C30H48O4. The summed E-state index contributed by atoms with van der Waals surface area (Å²) in [7, 11) is 0. The highest BCUT2D eigenvalue weighted by molar-refractivity contribution is 5.90. The molecule has 1 N–H and O–H groups in total. The maximum Gasteiger partial charge on any atom is 0.317 e. The van der Waals surface area contributed by atoms with E-state index in [0.29, 0.717) is 5.41 Å². The zero-order valence-corrected chi connectivity index (χ0v) is 22.3. The third-order valence-electron chi connectivity index (χ3n) is 10.9. The number of rotatable bonds is 8. The molecule has 0 saturated heterocycles. The van der Waals surface area contributed by atoms with Gasteiger partial charge in [0.15, 0.2) is 0 Å². The zero-order valence-electron chi connectivity index (χ0n) is 22.3. The fourth-order valence-corrected chi connectivity index (χ4v) is 9.10.